The molecule has 4 rings (SSSR count). The van der Waals surface area contributed by atoms with Crippen molar-refractivity contribution in [3.63, 3.8) is 0 Å². The van der Waals surface area contributed by atoms with Gasteiger partial charge in [0, 0.05) is 6.42 Å². The smallest absolute Gasteiger partial charge is 0.416 e. The van der Waals surface area contributed by atoms with Crippen LogP contribution in [0.5, 0.6) is 0 Å². The first-order valence-corrected chi connectivity index (χ1v) is 11.3. The zero-order valence-corrected chi connectivity index (χ0v) is 19.6. The number of nitrogen functional groups attached to an aromatic ring is 1. The van der Waals surface area contributed by atoms with Crippen LogP contribution in [-0.2, 0) is 27.9 Å². The normalized spacial score (nSPS) is 19.8. The number of carbonyl (C=O) groups excluding carboxylic acids is 1. The van der Waals surface area contributed by atoms with E-state index in [-0.39, 0.29) is 19.3 Å². The summed E-state index contributed by atoms with van der Waals surface area (Å²) in [7, 11) is 0. The average Bonchev–Trinajstić information content (AvgIpc) is 3.33. The number of alkyl halides is 6. The number of ether oxygens (including phenoxy) is 1. The molecule has 0 spiro atoms. The van der Waals surface area contributed by atoms with E-state index in [1.807, 2.05) is 0 Å². The van der Waals surface area contributed by atoms with Crippen LogP contribution in [-0.4, -0.2) is 27.3 Å². The second-order valence-electron chi connectivity index (χ2n) is 8.43. The summed E-state index contributed by atoms with van der Waals surface area (Å²) in [5.74, 6) is -3.33. The molecule has 1 unspecified atom stereocenters. The van der Waals surface area contributed by atoms with Crippen LogP contribution < -0.4 is 11.1 Å². The van der Waals surface area contributed by atoms with Gasteiger partial charge in [0.05, 0.1) is 12.3 Å². The van der Waals surface area contributed by atoms with E-state index in [2.05, 4.69) is 20.5 Å². The number of hydrogen-bond donors (Lipinski definition) is 2. The van der Waals surface area contributed by atoms with Gasteiger partial charge < -0.3 is 20.2 Å². The Labute approximate surface area is 211 Å². The summed E-state index contributed by atoms with van der Waals surface area (Å²) in [4.78, 5) is 16.0. The van der Waals surface area contributed by atoms with Crippen LogP contribution in [0.1, 0.15) is 42.7 Å². The number of fused-ring (bicyclic) bond motifs is 5. The monoisotopic (exact) mass is 541 g/mol. The van der Waals surface area contributed by atoms with Crippen molar-refractivity contribution in [2.24, 2.45) is 0 Å². The molecule has 1 aliphatic heterocycles. The van der Waals surface area contributed by atoms with E-state index < -0.39 is 71.4 Å². The minimum absolute atomic E-state index is 0.0586. The van der Waals surface area contributed by atoms with Gasteiger partial charge in [0.1, 0.15) is 11.4 Å². The highest BCUT2D eigenvalue weighted by Crippen LogP contribution is 2.47. The van der Waals surface area contributed by atoms with E-state index in [0.29, 0.717) is 11.6 Å². The van der Waals surface area contributed by atoms with Crippen molar-refractivity contribution < 1.29 is 40.3 Å². The maximum absolute atomic E-state index is 14.6. The minimum Gasteiger partial charge on any atom is -0.416 e. The van der Waals surface area contributed by atoms with Gasteiger partial charge in [-0.05, 0) is 30.9 Å². The Kier molecular flexibility index (Phi) is 7.44. The summed E-state index contributed by atoms with van der Waals surface area (Å²) in [5, 5.41) is 9.21. The molecule has 2 aromatic heterocycles. The first-order valence-electron chi connectivity index (χ1n) is 11.3. The molecule has 0 saturated heterocycles. The number of carbonyl (C=O) groups is 1. The van der Waals surface area contributed by atoms with Gasteiger partial charge in [-0.2, -0.15) is 26.3 Å². The van der Waals surface area contributed by atoms with Gasteiger partial charge in [-0.15, -0.1) is 10.2 Å². The molecule has 1 amide bonds. The molecule has 3 heterocycles. The Morgan fingerprint density at radius 3 is 2.45 bits per heavy atom. The van der Waals surface area contributed by atoms with Gasteiger partial charge in [0.25, 0.3) is 11.8 Å². The lowest BCUT2D eigenvalue weighted by atomic mass is 9.95. The third-order valence-corrected chi connectivity index (χ3v) is 5.74. The van der Waals surface area contributed by atoms with Crippen molar-refractivity contribution in [2.75, 3.05) is 11.1 Å². The zero-order chi connectivity index (χ0) is 27.6. The van der Waals surface area contributed by atoms with Gasteiger partial charge in [0.15, 0.2) is 5.69 Å². The molecule has 202 valence electrons. The summed E-state index contributed by atoms with van der Waals surface area (Å²) < 4.78 is 95.5. The quantitative estimate of drug-likeness (QED) is 0.319. The Morgan fingerprint density at radius 1 is 1.05 bits per heavy atom. The van der Waals surface area contributed by atoms with Crippen molar-refractivity contribution in [3.05, 3.63) is 65.6 Å². The molecule has 1 aliphatic rings. The molecule has 0 fully saturated rings. The second kappa shape index (κ2) is 10.4. The van der Waals surface area contributed by atoms with Crippen molar-refractivity contribution in [2.45, 2.75) is 50.2 Å². The van der Waals surface area contributed by atoms with E-state index >= 15 is 0 Å². The number of rotatable bonds is 3. The summed E-state index contributed by atoms with van der Waals surface area (Å²) in [6.45, 7) is -0.453. The molecule has 0 saturated carbocycles. The fourth-order valence-corrected chi connectivity index (χ4v) is 3.79. The molecular formula is C24H21F6N5O3. The van der Waals surface area contributed by atoms with Gasteiger partial charge in [-0.3, -0.25) is 4.79 Å². The third-order valence-electron chi connectivity index (χ3n) is 5.74. The molecule has 3 aromatic rings. The Bertz CT molecular complexity index is 1320. The zero-order valence-electron chi connectivity index (χ0n) is 19.6. The lowest BCUT2D eigenvalue weighted by molar-refractivity contribution is -0.299. The molecule has 0 radical (unpaired) electrons. The number of pyridine rings is 1. The number of nitrogens with zero attached hydrogens (tertiary/aromatic N) is 3. The van der Waals surface area contributed by atoms with Crippen molar-refractivity contribution in [1.82, 2.24) is 15.2 Å². The van der Waals surface area contributed by atoms with Crippen LogP contribution in [0.4, 0.5) is 37.8 Å². The SMILES string of the molecule is Nc1cc(C(F)(F)F)c2nc1-c1nnc(o1)C(OCc1ccccc1)(C(F)(F)F)CC/C=C/CCC(=O)N2. The first-order chi connectivity index (χ1) is 17.9. The van der Waals surface area contributed by atoms with E-state index in [9.17, 15) is 31.1 Å². The predicted molar refractivity (Wildman–Crippen MR) is 122 cm³/mol. The highest BCUT2D eigenvalue weighted by molar-refractivity contribution is 5.91. The number of halogens is 6. The molecule has 3 N–H and O–H groups in total. The molecular weight excluding hydrogens is 520 g/mol. The van der Waals surface area contributed by atoms with Gasteiger partial charge in [-0.1, -0.05) is 42.5 Å². The number of amides is 1. The standard InChI is InChI=1S/C24H21F6N5O3/c25-23(26,27)15-12-16(31)18-20-34-35-21(38-20)22(24(28,29)30,37-13-14-8-4-3-5-9-14)11-7-2-1-6-10-17(36)32-19(15)33-18/h1-5,8-9,12H,6-7,10-11,13,31H2,(H,32,33,36)/b2-1+. The molecule has 14 heteroatoms. The second-order valence-corrected chi connectivity index (χ2v) is 8.43. The third kappa shape index (κ3) is 5.64. The van der Waals surface area contributed by atoms with E-state index in [4.69, 9.17) is 14.9 Å². The van der Waals surface area contributed by atoms with Crippen molar-refractivity contribution in [3.8, 4) is 11.6 Å². The first kappa shape index (κ1) is 27.1. The van der Waals surface area contributed by atoms with E-state index in [1.54, 1.807) is 30.3 Å². The summed E-state index contributed by atoms with van der Waals surface area (Å²) in [6, 6.07) is 8.60. The van der Waals surface area contributed by atoms with E-state index in [0.717, 1.165) is 0 Å². The van der Waals surface area contributed by atoms with Crippen LogP contribution in [0, 0.1) is 0 Å². The fraction of sp³-hybridized carbons (Fsp3) is 0.333. The van der Waals surface area contributed by atoms with Crippen molar-refractivity contribution >= 4 is 17.4 Å². The van der Waals surface area contributed by atoms with Crippen LogP contribution in [0.25, 0.3) is 11.6 Å². The van der Waals surface area contributed by atoms with Crippen LogP contribution in [0.15, 0.2) is 53.0 Å². The summed E-state index contributed by atoms with van der Waals surface area (Å²) in [6.07, 6.45) is -8.11. The number of anilines is 2. The highest BCUT2D eigenvalue weighted by atomic mass is 19.4. The van der Waals surface area contributed by atoms with Gasteiger partial charge >= 0.3 is 12.4 Å². The van der Waals surface area contributed by atoms with Gasteiger partial charge in [-0.25, -0.2) is 4.98 Å². The van der Waals surface area contributed by atoms with Gasteiger partial charge in [0.2, 0.25) is 11.5 Å². The molecule has 8 nitrogen and oxygen atoms in total. The molecule has 0 aliphatic carbocycles. The topological polar surface area (TPSA) is 116 Å². The molecule has 4 bridgehead atoms. The summed E-state index contributed by atoms with van der Waals surface area (Å²) in [5.41, 5.74) is 0.668. The predicted octanol–water partition coefficient (Wildman–Crippen LogP) is 5.78. The number of nitrogens with one attached hydrogen (secondary N) is 1. The van der Waals surface area contributed by atoms with Crippen molar-refractivity contribution in [1.29, 1.82) is 0 Å². The minimum atomic E-state index is -5.03. The van der Waals surface area contributed by atoms with E-state index in [1.165, 1.54) is 12.2 Å². The number of aromatic nitrogens is 3. The molecule has 1 aromatic carbocycles. The van der Waals surface area contributed by atoms with Crippen LogP contribution in [0.2, 0.25) is 0 Å². The number of nitrogens with two attached hydrogens (primary N) is 1. The maximum atomic E-state index is 14.6. The lowest BCUT2D eigenvalue weighted by Crippen LogP contribution is -2.45. The Hall–Kier alpha value is -3.94. The highest BCUT2D eigenvalue weighted by Gasteiger charge is 2.61. The lowest BCUT2D eigenvalue weighted by Gasteiger charge is -2.32. The number of allylic oxidation sites excluding steroid dienone is 2. The number of benzene rings is 1. The largest absolute Gasteiger partial charge is 0.426 e. The molecule has 1 atom stereocenters. The van der Waals surface area contributed by atoms with Crippen LogP contribution in [0.3, 0.4) is 0 Å². The fourth-order valence-electron chi connectivity index (χ4n) is 3.79. The number of hydrogen-bond acceptors (Lipinski definition) is 7. The maximum Gasteiger partial charge on any atom is 0.426 e. The Morgan fingerprint density at radius 2 is 1.76 bits per heavy atom. The summed E-state index contributed by atoms with van der Waals surface area (Å²) >= 11 is 0. The van der Waals surface area contributed by atoms with Crippen LogP contribution >= 0.6 is 0 Å². The average molecular weight is 541 g/mol. The molecule has 38 heavy (non-hydrogen) atoms. The Balaban J connectivity index is 1.85.